The van der Waals surface area contributed by atoms with Gasteiger partial charge in [0.1, 0.15) is 17.8 Å². The van der Waals surface area contributed by atoms with Gasteiger partial charge in [0.15, 0.2) is 0 Å². The molecule has 160 valence electrons. The average Bonchev–Trinajstić information content (AvgIpc) is 2.97. The van der Waals surface area contributed by atoms with Crippen molar-refractivity contribution in [3.8, 4) is 5.75 Å². The molecule has 2 aromatic rings. The molecule has 1 atom stereocenters. The molecule has 2 aromatic carbocycles. The number of nitrogens with one attached hydrogen (secondary N) is 2. The lowest BCUT2D eigenvalue weighted by atomic mass is 9.78. The number of non-ortho nitro benzene ring substituents is 1. The van der Waals surface area contributed by atoms with Crippen molar-refractivity contribution in [2.75, 3.05) is 19.0 Å². The fourth-order valence-corrected chi connectivity index (χ4v) is 4.07. The van der Waals surface area contributed by atoms with Crippen LogP contribution in [0.25, 0.3) is 0 Å². The number of hydrogen-bond donors (Lipinski definition) is 2. The summed E-state index contributed by atoms with van der Waals surface area (Å²) >= 11 is 0. The molecule has 0 saturated carbocycles. The van der Waals surface area contributed by atoms with Crippen molar-refractivity contribution in [1.82, 2.24) is 10.2 Å². The maximum Gasteiger partial charge on any atom is 0.325 e. The molecular formula is C21H20N4O6. The number of carbonyl (C=O) groups excluding carboxylic acids is 3. The van der Waals surface area contributed by atoms with Crippen molar-refractivity contribution < 1.29 is 24.0 Å². The number of urea groups is 1. The highest BCUT2D eigenvalue weighted by Crippen LogP contribution is 2.34. The molecule has 4 rings (SSSR count). The molecule has 1 aliphatic heterocycles. The molecule has 31 heavy (non-hydrogen) atoms. The summed E-state index contributed by atoms with van der Waals surface area (Å²) in [5, 5.41) is 16.2. The fraction of sp³-hybridized carbons (Fsp3) is 0.286. The van der Waals surface area contributed by atoms with E-state index in [1.165, 1.54) is 25.3 Å². The number of anilines is 1. The van der Waals surface area contributed by atoms with Crippen LogP contribution in [0.1, 0.15) is 17.5 Å². The van der Waals surface area contributed by atoms with E-state index >= 15 is 0 Å². The van der Waals surface area contributed by atoms with Gasteiger partial charge >= 0.3 is 6.03 Å². The molecule has 10 nitrogen and oxygen atoms in total. The standard InChI is InChI=1S/C21H20N4O6/c1-31-17-10-15(25(29)30)6-7-16(17)22-18(26)12-24-19(27)21(23-20(24)28)9-8-13-4-2-3-5-14(13)11-21/h2-7,10H,8-9,11-12H2,1H3,(H,22,26)(H,23,28). The summed E-state index contributed by atoms with van der Waals surface area (Å²) in [4.78, 5) is 49.4. The summed E-state index contributed by atoms with van der Waals surface area (Å²) in [6.45, 7) is -0.478. The van der Waals surface area contributed by atoms with Crippen molar-refractivity contribution in [3.63, 3.8) is 0 Å². The van der Waals surface area contributed by atoms with Gasteiger partial charge in [-0.15, -0.1) is 0 Å². The number of aryl methyl sites for hydroxylation is 1. The predicted octanol–water partition coefficient (Wildman–Crippen LogP) is 2.02. The molecule has 1 fully saturated rings. The van der Waals surface area contributed by atoms with Gasteiger partial charge in [-0.25, -0.2) is 4.79 Å². The quantitative estimate of drug-likeness (QED) is 0.429. The highest BCUT2D eigenvalue weighted by Gasteiger charge is 2.52. The second-order valence-corrected chi connectivity index (χ2v) is 7.54. The van der Waals surface area contributed by atoms with Crippen molar-refractivity contribution in [3.05, 3.63) is 63.7 Å². The normalized spacial score (nSPS) is 19.7. The lowest BCUT2D eigenvalue weighted by Gasteiger charge is -2.32. The predicted molar refractivity (Wildman–Crippen MR) is 110 cm³/mol. The molecule has 1 unspecified atom stereocenters. The number of benzene rings is 2. The smallest absolute Gasteiger partial charge is 0.325 e. The highest BCUT2D eigenvalue weighted by molar-refractivity contribution is 6.10. The number of fused-ring (bicyclic) bond motifs is 1. The second-order valence-electron chi connectivity index (χ2n) is 7.54. The lowest BCUT2D eigenvalue weighted by Crippen LogP contribution is -2.51. The molecule has 10 heteroatoms. The Morgan fingerprint density at radius 1 is 1.26 bits per heavy atom. The van der Waals surface area contributed by atoms with Gasteiger partial charge in [0.05, 0.1) is 23.8 Å². The minimum atomic E-state index is -1.04. The van der Waals surface area contributed by atoms with E-state index in [2.05, 4.69) is 10.6 Å². The molecule has 1 heterocycles. The van der Waals surface area contributed by atoms with Crippen molar-refractivity contribution in [1.29, 1.82) is 0 Å². The minimum Gasteiger partial charge on any atom is -0.494 e. The van der Waals surface area contributed by atoms with E-state index in [0.29, 0.717) is 19.3 Å². The van der Waals surface area contributed by atoms with Crippen LogP contribution in [0.3, 0.4) is 0 Å². The SMILES string of the molecule is COc1cc([N+](=O)[O-])ccc1NC(=O)CN1C(=O)NC2(CCc3ccccc3C2)C1=O. The fourth-order valence-electron chi connectivity index (χ4n) is 4.07. The number of nitro groups is 1. The topological polar surface area (TPSA) is 131 Å². The first-order chi connectivity index (χ1) is 14.8. The zero-order valence-electron chi connectivity index (χ0n) is 16.7. The Kier molecular flexibility index (Phi) is 5.05. The van der Waals surface area contributed by atoms with E-state index in [-0.39, 0.29) is 17.1 Å². The third kappa shape index (κ3) is 3.67. The van der Waals surface area contributed by atoms with E-state index in [1.807, 2.05) is 24.3 Å². The molecule has 2 N–H and O–H groups in total. The molecule has 0 radical (unpaired) electrons. The summed E-state index contributed by atoms with van der Waals surface area (Å²) in [5.41, 5.74) is 1.12. The first-order valence-corrected chi connectivity index (χ1v) is 9.66. The number of ether oxygens (including phenoxy) is 1. The van der Waals surface area contributed by atoms with Crippen LogP contribution in [0, 0.1) is 10.1 Å². The number of rotatable bonds is 5. The first-order valence-electron chi connectivity index (χ1n) is 9.66. The van der Waals surface area contributed by atoms with Crippen LogP contribution < -0.4 is 15.4 Å². The number of methoxy groups -OCH3 is 1. The summed E-state index contributed by atoms with van der Waals surface area (Å²) in [6.07, 6.45) is 1.49. The Bertz CT molecular complexity index is 1100. The number of amides is 4. The van der Waals surface area contributed by atoms with Gasteiger partial charge in [-0.3, -0.25) is 24.6 Å². The number of carbonyl (C=O) groups is 3. The molecule has 2 aliphatic rings. The highest BCUT2D eigenvalue weighted by atomic mass is 16.6. The summed E-state index contributed by atoms with van der Waals surface area (Å²) in [6, 6.07) is 10.9. The zero-order valence-corrected chi connectivity index (χ0v) is 16.7. The molecule has 4 amide bonds. The largest absolute Gasteiger partial charge is 0.494 e. The number of nitro benzene ring substituents is 1. The Hall–Kier alpha value is -3.95. The number of nitrogens with zero attached hydrogens (tertiary/aromatic N) is 2. The van der Waals surface area contributed by atoms with Gasteiger partial charge in [-0.2, -0.15) is 0 Å². The Labute approximate surface area is 177 Å². The Morgan fingerprint density at radius 2 is 2.00 bits per heavy atom. The van der Waals surface area contributed by atoms with E-state index in [1.54, 1.807) is 0 Å². The number of imide groups is 1. The van der Waals surface area contributed by atoms with Crippen LogP contribution in [0.4, 0.5) is 16.2 Å². The summed E-state index contributed by atoms with van der Waals surface area (Å²) in [7, 11) is 1.32. The van der Waals surface area contributed by atoms with Crippen LogP contribution in [-0.4, -0.2) is 46.9 Å². The Balaban J connectivity index is 1.48. The molecule has 0 bridgehead atoms. The monoisotopic (exact) mass is 424 g/mol. The van der Waals surface area contributed by atoms with Gasteiger partial charge in [-0.1, -0.05) is 24.3 Å². The van der Waals surface area contributed by atoms with Crippen molar-refractivity contribution in [2.24, 2.45) is 0 Å². The van der Waals surface area contributed by atoms with Gasteiger partial charge in [-0.05, 0) is 30.0 Å². The van der Waals surface area contributed by atoms with Crippen LogP contribution >= 0.6 is 0 Å². The van der Waals surface area contributed by atoms with E-state index in [4.69, 9.17) is 4.74 Å². The second kappa shape index (κ2) is 7.71. The Morgan fingerprint density at radius 3 is 2.71 bits per heavy atom. The van der Waals surface area contributed by atoms with E-state index < -0.39 is 34.9 Å². The van der Waals surface area contributed by atoms with Crippen LogP contribution in [0.5, 0.6) is 5.75 Å². The van der Waals surface area contributed by atoms with Gasteiger partial charge in [0.25, 0.3) is 11.6 Å². The first kappa shape index (κ1) is 20.3. The number of hydrogen-bond acceptors (Lipinski definition) is 6. The third-order valence-corrected chi connectivity index (χ3v) is 5.65. The van der Waals surface area contributed by atoms with Crippen molar-refractivity contribution in [2.45, 2.75) is 24.8 Å². The van der Waals surface area contributed by atoms with Crippen molar-refractivity contribution >= 4 is 29.2 Å². The minimum absolute atomic E-state index is 0.0973. The van der Waals surface area contributed by atoms with Gasteiger partial charge in [0, 0.05) is 12.5 Å². The van der Waals surface area contributed by atoms with Crippen LogP contribution in [-0.2, 0) is 22.4 Å². The molecule has 1 saturated heterocycles. The van der Waals surface area contributed by atoms with E-state index in [9.17, 15) is 24.5 Å². The van der Waals surface area contributed by atoms with Gasteiger partial charge < -0.3 is 15.4 Å². The lowest BCUT2D eigenvalue weighted by molar-refractivity contribution is -0.384. The van der Waals surface area contributed by atoms with Gasteiger partial charge in [0.2, 0.25) is 5.91 Å². The molecule has 1 spiro atoms. The summed E-state index contributed by atoms with van der Waals surface area (Å²) < 4.78 is 5.09. The third-order valence-electron chi connectivity index (χ3n) is 5.65. The van der Waals surface area contributed by atoms with Crippen LogP contribution in [0.15, 0.2) is 42.5 Å². The van der Waals surface area contributed by atoms with Crippen LogP contribution in [0.2, 0.25) is 0 Å². The molecular weight excluding hydrogens is 404 g/mol. The zero-order chi connectivity index (χ0) is 22.2. The van der Waals surface area contributed by atoms with E-state index in [0.717, 1.165) is 16.0 Å². The molecule has 0 aromatic heterocycles. The maximum atomic E-state index is 13.1. The average molecular weight is 424 g/mol. The summed E-state index contributed by atoms with van der Waals surface area (Å²) in [5.74, 6) is -0.957. The molecule has 1 aliphatic carbocycles. The maximum absolute atomic E-state index is 13.1.